The number of carbonyl (C=O) groups is 1. The Kier molecular flexibility index (Phi) is 8.16. The number of nitriles is 1. The van der Waals surface area contributed by atoms with Gasteiger partial charge in [-0.3, -0.25) is 4.79 Å². The van der Waals surface area contributed by atoms with E-state index >= 15 is 0 Å². The van der Waals surface area contributed by atoms with Crippen LogP contribution in [-0.2, 0) is 17.0 Å². The lowest BCUT2D eigenvalue weighted by atomic mass is 9.94. The number of hydrogen-bond acceptors (Lipinski definition) is 3. The molecule has 0 spiro atoms. The summed E-state index contributed by atoms with van der Waals surface area (Å²) in [5.41, 5.74) is -6.05. The normalized spacial score (nSPS) is 12.4. The summed E-state index contributed by atoms with van der Waals surface area (Å²) in [5, 5.41) is 14.8. The van der Waals surface area contributed by atoms with E-state index in [1.807, 2.05) is 0 Å². The number of amides is 1. The van der Waals surface area contributed by atoms with Gasteiger partial charge in [-0.05, 0) is 51.3 Å². The van der Waals surface area contributed by atoms with Gasteiger partial charge in [0.25, 0.3) is 0 Å². The molecule has 3 rings (SSSR count). The van der Waals surface area contributed by atoms with Gasteiger partial charge in [0.15, 0.2) is 0 Å². The van der Waals surface area contributed by atoms with Crippen molar-refractivity contribution >= 4 is 45.0 Å². The third-order valence-corrected chi connectivity index (χ3v) is 6.36. The fourth-order valence-electron chi connectivity index (χ4n) is 3.28. The van der Waals surface area contributed by atoms with E-state index in [-0.39, 0.29) is 29.2 Å². The van der Waals surface area contributed by atoms with Crippen molar-refractivity contribution in [2.75, 3.05) is 0 Å². The molecule has 0 aliphatic heterocycles. The fourth-order valence-corrected chi connectivity index (χ4v) is 4.53. The van der Waals surface area contributed by atoms with Gasteiger partial charge in [-0.2, -0.15) is 36.7 Å². The molecule has 0 saturated heterocycles. The molecule has 1 N–H and O–H groups in total. The number of nitrogens with zero attached hydrogens (tertiary/aromatic N) is 3. The highest BCUT2D eigenvalue weighted by Crippen LogP contribution is 2.54. The first-order chi connectivity index (χ1) is 17.1. The van der Waals surface area contributed by atoms with Crippen LogP contribution in [0.2, 0.25) is 10.0 Å². The molecule has 196 valence electrons. The predicted octanol–water partition coefficient (Wildman–Crippen LogP) is 7.43. The Morgan fingerprint density at radius 3 is 2.24 bits per heavy atom. The van der Waals surface area contributed by atoms with Crippen molar-refractivity contribution in [1.29, 1.82) is 5.26 Å². The SMILES string of the molecule is N#CCC(=O)NCc1cc(-c2cnn(-c3c(Cl)cc(C(F)(C(F)(F)F)C(F)(F)F)cc3Br)c2)ccc1Cl. The van der Waals surface area contributed by atoms with Gasteiger partial charge >= 0.3 is 18.0 Å². The van der Waals surface area contributed by atoms with Crippen molar-refractivity contribution in [2.24, 2.45) is 0 Å². The molecule has 0 radical (unpaired) electrons. The summed E-state index contributed by atoms with van der Waals surface area (Å²) in [6.07, 6.45) is -10.2. The van der Waals surface area contributed by atoms with Crippen molar-refractivity contribution < 1.29 is 35.5 Å². The predicted molar refractivity (Wildman–Crippen MR) is 124 cm³/mol. The molecular weight excluding hydrogens is 620 g/mol. The molecule has 1 aromatic heterocycles. The van der Waals surface area contributed by atoms with Crippen LogP contribution in [0.5, 0.6) is 0 Å². The van der Waals surface area contributed by atoms with Crippen LogP contribution in [0.25, 0.3) is 16.8 Å². The molecule has 0 atom stereocenters. The van der Waals surface area contributed by atoms with E-state index < -0.39 is 34.5 Å². The van der Waals surface area contributed by atoms with Crippen molar-refractivity contribution in [3.8, 4) is 22.9 Å². The Bertz CT molecular complexity index is 1350. The van der Waals surface area contributed by atoms with Crippen LogP contribution >= 0.6 is 39.1 Å². The number of alkyl halides is 7. The van der Waals surface area contributed by atoms with E-state index in [9.17, 15) is 35.5 Å². The molecule has 15 heteroatoms. The van der Waals surface area contributed by atoms with E-state index in [1.54, 1.807) is 18.2 Å². The molecule has 2 aromatic carbocycles. The van der Waals surface area contributed by atoms with Crippen molar-refractivity contribution in [1.82, 2.24) is 15.1 Å². The van der Waals surface area contributed by atoms with Gasteiger partial charge in [-0.25, -0.2) is 9.07 Å². The number of aromatic nitrogens is 2. The van der Waals surface area contributed by atoms with Crippen LogP contribution in [0, 0.1) is 11.3 Å². The van der Waals surface area contributed by atoms with Crippen LogP contribution < -0.4 is 5.32 Å². The van der Waals surface area contributed by atoms with E-state index in [0.29, 0.717) is 27.8 Å². The Labute approximate surface area is 222 Å². The second-order valence-corrected chi connectivity index (χ2v) is 9.20. The maximum atomic E-state index is 14.5. The molecule has 0 bridgehead atoms. The lowest BCUT2D eigenvalue weighted by molar-refractivity contribution is -0.348. The molecule has 37 heavy (non-hydrogen) atoms. The number of rotatable bonds is 6. The van der Waals surface area contributed by atoms with Gasteiger partial charge in [-0.15, -0.1) is 0 Å². The molecule has 1 heterocycles. The fraction of sp³-hybridized carbons (Fsp3) is 0.227. The number of benzene rings is 2. The van der Waals surface area contributed by atoms with E-state index in [4.69, 9.17) is 28.5 Å². The van der Waals surface area contributed by atoms with Gasteiger partial charge in [0.2, 0.25) is 5.91 Å². The molecule has 0 fully saturated rings. The maximum Gasteiger partial charge on any atom is 0.435 e. The summed E-state index contributed by atoms with van der Waals surface area (Å²) in [5.74, 6) is -0.506. The highest BCUT2D eigenvalue weighted by molar-refractivity contribution is 9.10. The first-order valence-corrected chi connectivity index (χ1v) is 11.4. The van der Waals surface area contributed by atoms with E-state index in [2.05, 4.69) is 26.3 Å². The van der Waals surface area contributed by atoms with Crippen molar-refractivity contribution in [2.45, 2.75) is 31.0 Å². The number of nitrogens with one attached hydrogen (secondary N) is 1. The zero-order valence-electron chi connectivity index (χ0n) is 18.0. The number of hydrogen-bond donors (Lipinski definition) is 1. The van der Waals surface area contributed by atoms with Crippen molar-refractivity contribution in [3.63, 3.8) is 0 Å². The first-order valence-electron chi connectivity index (χ1n) is 9.89. The average molecular weight is 632 g/mol. The summed E-state index contributed by atoms with van der Waals surface area (Å²) < 4.78 is 94.0. The van der Waals surface area contributed by atoms with Gasteiger partial charge < -0.3 is 5.32 Å². The Morgan fingerprint density at radius 1 is 1.03 bits per heavy atom. The smallest absolute Gasteiger partial charge is 0.351 e. The molecule has 0 unspecified atom stereocenters. The highest BCUT2D eigenvalue weighted by Gasteiger charge is 2.73. The average Bonchev–Trinajstić information content (AvgIpc) is 3.25. The monoisotopic (exact) mass is 630 g/mol. The lowest BCUT2D eigenvalue weighted by Crippen LogP contribution is -2.50. The number of halogens is 10. The summed E-state index contributed by atoms with van der Waals surface area (Å²) in [4.78, 5) is 11.5. The first kappa shape index (κ1) is 28.7. The quantitative estimate of drug-likeness (QED) is 0.288. The van der Waals surface area contributed by atoms with Gasteiger partial charge in [0.1, 0.15) is 6.42 Å². The second kappa shape index (κ2) is 10.5. The van der Waals surface area contributed by atoms with Crippen LogP contribution in [0.3, 0.4) is 0 Å². The second-order valence-electron chi connectivity index (χ2n) is 7.53. The molecule has 5 nitrogen and oxygen atoms in total. The van der Waals surface area contributed by atoms with Gasteiger partial charge in [0, 0.05) is 33.4 Å². The highest BCUT2D eigenvalue weighted by atomic mass is 79.9. The minimum atomic E-state index is -6.30. The summed E-state index contributed by atoms with van der Waals surface area (Å²) in [6, 6.07) is 7.04. The standard InChI is InChI=1S/C22H12BrCl2F7N4O/c23-15-6-14(20(26,21(27,28)29)22(30,31)32)7-17(25)19(15)36-10-13(9-35-36)11-1-2-16(24)12(5-11)8-34-18(37)3-4-33/h1-2,5-7,9-10H,3,8H2,(H,34,37). The minimum Gasteiger partial charge on any atom is -0.351 e. The topological polar surface area (TPSA) is 70.7 Å². The zero-order valence-corrected chi connectivity index (χ0v) is 21.1. The molecule has 0 aliphatic rings. The Hall–Kier alpha value is -2.82. The van der Waals surface area contributed by atoms with Crippen molar-refractivity contribution in [3.05, 3.63) is 68.4 Å². The van der Waals surface area contributed by atoms with Crippen LogP contribution in [0.1, 0.15) is 17.5 Å². The van der Waals surface area contributed by atoms with Gasteiger partial charge in [0.05, 0.1) is 23.0 Å². The Morgan fingerprint density at radius 2 is 1.68 bits per heavy atom. The van der Waals surface area contributed by atoms with Crippen LogP contribution in [-0.4, -0.2) is 28.0 Å². The molecule has 1 amide bonds. The lowest BCUT2D eigenvalue weighted by Gasteiger charge is -2.30. The van der Waals surface area contributed by atoms with Gasteiger partial charge in [-0.1, -0.05) is 29.3 Å². The van der Waals surface area contributed by atoms with Crippen LogP contribution in [0.4, 0.5) is 30.7 Å². The van der Waals surface area contributed by atoms with Crippen LogP contribution in [0.15, 0.2) is 47.2 Å². The third-order valence-electron chi connectivity index (χ3n) is 5.10. The summed E-state index contributed by atoms with van der Waals surface area (Å²) >= 11 is 15.0. The largest absolute Gasteiger partial charge is 0.435 e. The molecule has 0 aliphatic carbocycles. The zero-order chi connectivity index (χ0) is 27.8. The Balaban J connectivity index is 1.98. The molecular formula is C22H12BrCl2F7N4O. The third kappa shape index (κ3) is 5.71. The maximum absolute atomic E-state index is 14.5. The minimum absolute atomic E-state index is 0.0174. The van der Waals surface area contributed by atoms with E-state index in [1.165, 1.54) is 18.5 Å². The van der Waals surface area contributed by atoms with E-state index in [0.717, 1.165) is 4.68 Å². The summed E-state index contributed by atoms with van der Waals surface area (Å²) in [6.45, 7) is 0.0174. The molecule has 0 saturated carbocycles. The number of carbonyl (C=O) groups excluding carboxylic acids is 1. The summed E-state index contributed by atoms with van der Waals surface area (Å²) in [7, 11) is 0. The molecule has 3 aromatic rings.